The van der Waals surface area contributed by atoms with E-state index in [4.69, 9.17) is 9.15 Å². The summed E-state index contributed by atoms with van der Waals surface area (Å²) in [6, 6.07) is 12.4. The maximum atomic E-state index is 13.8. The van der Waals surface area contributed by atoms with Crippen molar-refractivity contribution in [2.24, 2.45) is 0 Å². The molecule has 1 aliphatic carbocycles. The highest BCUT2D eigenvalue weighted by Crippen LogP contribution is 2.25. The molecule has 1 unspecified atom stereocenters. The minimum absolute atomic E-state index is 0.00484. The predicted molar refractivity (Wildman–Crippen MR) is 121 cm³/mol. The van der Waals surface area contributed by atoms with E-state index in [0.717, 1.165) is 18.4 Å². The van der Waals surface area contributed by atoms with Gasteiger partial charge >= 0.3 is 5.97 Å². The molecule has 0 bridgehead atoms. The van der Waals surface area contributed by atoms with Crippen molar-refractivity contribution in [3.63, 3.8) is 0 Å². The second-order valence-corrected chi connectivity index (χ2v) is 8.28. The molecule has 0 saturated heterocycles. The van der Waals surface area contributed by atoms with Crippen molar-refractivity contribution in [2.45, 2.75) is 51.5 Å². The van der Waals surface area contributed by atoms with E-state index in [0.29, 0.717) is 17.2 Å². The third-order valence-electron chi connectivity index (χ3n) is 5.85. The maximum absolute atomic E-state index is 13.8. The number of halogens is 1. The Bertz CT molecular complexity index is 1140. The highest BCUT2D eigenvalue weighted by atomic mass is 19.1. The van der Waals surface area contributed by atoms with Crippen LogP contribution < -0.4 is 5.32 Å². The van der Waals surface area contributed by atoms with E-state index in [1.165, 1.54) is 36.2 Å². The number of nitrogens with one attached hydrogen (secondary N) is 1. The Kier molecular flexibility index (Phi) is 7.17. The number of carbonyl (C=O) groups is 2. The second-order valence-electron chi connectivity index (χ2n) is 8.28. The molecule has 0 fully saturated rings. The number of benzene rings is 2. The van der Waals surface area contributed by atoms with Crippen LogP contribution in [0.1, 0.15) is 54.8 Å². The van der Waals surface area contributed by atoms with Crippen LogP contribution in [0.4, 0.5) is 4.39 Å². The van der Waals surface area contributed by atoms with E-state index in [2.05, 4.69) is 22.4 Å². The standard InChI is InChI=1S/C26H27FN2O4/c1-17(19-11-10-18-6-2-3-7-20(18)14-19)29-24(30)16-32-26(31)13-12-25-28-15-23(33-25)21-8-4-5-9-22(21)27/h4-5,8-11,14-15,17H,2-3,6-7,12-13,16H2,1H3,(H,29,30). The first-order valence-electron chi connectivity index (χ1n) is 11.3. The molecule has 1 amide bonds. The van der Waals surface area contributed by atoms with Gasteiger partial charge in [-0.1, -0.05) is 30.3 Å². The van der Waals surface area contributed by atoms with Gasteiger partial charge in [-0.15, -0.1) is 0 Å². The average molecular weight is 451 g/mol. The Morgan fingerprint density at radius 2 is 1.94 bits per heavy atom. The number of hydrogen-bond acceptors (Lipinski definition) is 5. The highest BCUT2D eigenvalue weighted by molar-refractivity contribution is 5.80. The minimum Gasteiger partial charge on any atom is -0.456 e. The van der Waals surface area contributed by atoms with Crippen molar-refractivity contribution in [3.8, 4) is 11.3 Å². The summed E-state index contributed by atoms with van der Waals surface area (Å²) in [6.45, 7) is 1.57. The Balaban J connectivity index is 1.21. The minimum atomic E-state index is -0.530. The normalized spacial score (nSPS) is 13.8. The van der Waals surface area contributed by atoms with Crippen LogP contribution in [0.25, 0.3) is 11.3 Å². The Morgan fingerprint density at radius 1 is 1.15 bits per heavy atom. The second kappa shape index (κ2) is 10.4. The maximum Gasteiger partial charge on any atom is 0.306 e. The van der Waals surface area contributed by atoms with Gasteiger partial charge in [0.25, 0.3) is 5.91 Å². The molecule has 0 aliphatic heterocycles. The van der Waals surface area contributed by atoms with Crippen LogP contribution in [-0.4, -0.2) is 23.5 Å². The highest BCUT2D eigenvalue weighted by Gasteiger charge is 2.16. The van der Waals surface area contributed by atoms with Gasteiger partial charge in [-0.25, -0.2) is 9.37 Å². The molecule has 4 rings (SSSR count). The molecule has 1 aromatic heterocycles. The number of aromatic nitrogens is 1. The largest absolute Gasteiger partial charge is 0.456 e. The number of nitrogens with zero attached hydrogens (tertiary/aromatic N) is 1. The zero-order valence-corrected chi connectivity index (χ0v) is 18.6. The predicted octanol–water partition coefficient (Wildman–Crippen LogP) is 4.71. The molecule has 3 aromatic rings. The molecular formula is C26H27FN2O4. The summed E-state index contributed by atoms with van der Waals surface area (Å²) < 4.78 is 24.5. The Labute approximate surface area is 192 Å². The molecule has 7 heteroatoms. The molecule has 2 aromatic carbocycles. The van der Waals surface area contributed by atoms with Crippen molar-refractivity contribution >= 4 is 11.9 Å². The van der Waals surface area contributed by atoms with Crippen LogP contribution in [0.15, 0.2) is 53.1 Å². The molecule has 0 spiro atoms. The Morgan fingerprint density at radius 3 is 2.76 bits per heavy atom. The lowest BCUT2D eigenvalue weighted by molar-refractivity contribution is -0.148. The third kappa shape index (κ3) is 5.86. The van der Waals surface area contributed by atoms with Crippen molar-refractivity contribution < 1.29 is 23.1 Å². The fraction of sp³-hybridized carbons (Fsp3) is 0.346. The summed E-state index contributed by atoms with van der Waals surface area (Å²) in [5, 5.41) is 2.88. The van der Waals surface area contributed by atoms with E-state index in [1.54, 1.807) is 18.2 Å². The van der Waals surface area contributed by atoms with E-state index in [9.17, 15) is 14.0 Å². The summed E-state index contributed by atoms with van der Waals surface area (Å²) in [7, 11) is 0. The number of hydrogen-bond donors (Lipinski definition) is 1. The molecule has 6 nitrogen and oxygen atoms in total. The number of aryl methyl sites for hydroxylation is 3. The number of fused-ring (bicyclic) bond motifs is 1. The summed E-state index contributed by atoms with van der Waals surface area (Å²) in [5.74, 6) is -0.693. The van der Waals surface area contributed by atoms with E-state index in [-0.39, 0.29) is 31.4 Å². The van der Waals surface area contributed by atoms with Gasteiger partial charge in [0, 0.05) is 6.42 Å². The third-order valence-corrected chi connectivity index (χ3v) is 5.85. The first-order chi connectivity index (χ1) is 16.0. The molecule has 1 atom stereocenters. The SMILES string of the molecule is CC(NC(=O)COC(=O)CCc1ncc(-c2ccccc2F)o1)c1ccc2c(c1)CCCC2. The zero-order valence-electron chi connectivity index (χ0n) is 18.6. The quantitative estimate of drug-likeness (QED) is 0.503. The lowest BCUT2D eigenvalue weighted by Gasteiger charge is -2.20. The van der Waals surface area contributed by atoms with Gasteiger partial charge in [0.05, 0.1) is 24.2 Å². The molecule has 1 N–H and O–H groups in total. The molecule has 1 aliphatic rings. The number of amides is 1. The number of ether oxygens (including phenoxy) is 1. The van der Waals surface area contributed by atoms with E-state index < -0.39 is 11.8 Å². The van der Waals surface area contributed by atoms with Crippen LogP contribution in [0.3, 0.4) is 0 Å². The van der Waals surface area contributed by atoms with Crippen LogP contribution in [-0.2, 0) is 33.6 Å². The van der Waals surface area contributed by atoms with E-state index in [1.807, 2.05) is 13.0 Å². The lowest BCUT2D eigenvalue weighted by Crippen LogP contribution is -2.31. The number of oxazole rings is 1. The first-order valence-corrected chi connectivity index (χ1v) is 11.3. The van der Waals surface area contributed by atoms with Gasteiger partial charge < -0.3 is 14.5 Å². The monoisotopic (exact) mass is 450 g/mol. The van der Waals surface area contributed by atoms with Gasteiger partial charge in [0.15, 0.2) is 18.3 Å². The summed E-state index contributed by atoms with van der Waals surface area (Å²) >= 11 is 0. The van der Waals surface area contributed by atoms with Crippen LogP contribution in [0.5, 0.6) is 0 Å². The molecular weight excluding hydrogens is 423 g/mol. The average Bonchev–Trinajstić information content (AvgIpc) is 3.30. The number of rotatable bonds is 8. The number of esters is 1. The van der Waals surface area contributed by atoms with Gasteiger partial charge in [-0.3, -0.25) is 9.59 Å². The van der Waals surface area contributed by atoms with Crippen molar-refractivity contribution in [1.29, 1.82) is 0 Å². The van der Waals surface area contributed by atoms with Crippen molar-refractivity contribution in [1.82, 2.24) is 10.3 Å². The van der Waals surface area contributed by atoms with Gasteiger partial charge in [0.1, 0.15) is 5.82 Å². The van der Waals surface area contributed by atoms with Gasteiger partial charge in [0.2, 0.25) is 0 Å². The lowest BCUT2D eigenvalue weighted by atomic mass is 9.89. The van der Waals surface area contributed by atoms with Crippen LogP contribution in [0.2, 0.25) is 0 Å². The summed E-state index contributed by atoms with van der Waals surface area (Å²) in [5.41, 5.74) is 4.11. The summed E-state index contributed by atoms with van der Waals surface area (Å²) in [6.07, 6.45) is 6.25. The van der Waals surface area contributed by atoms with Crippen molar-refractivity contribution in [2.75, 3.05) is 6.61 Å². The molecule has 0 saturated carbocycles. The van der Waals surface area contributed by atoms with E-state index >= 15 is 0 Å². The first kappa shape index (κ1) is 22.7. The topological polar surface area (TPSA) is 81.4 Å². The number of carbonyl (C=O) groups excluding carboxylic acids is 2. The van der Waals surface area contributed by atoms with Gasteiger partial charge in [-0.05, 0) is 61.4 Å². The van der Waals surface area contributed by atoms with Crippen LogP contribution in [0, 0.1) is 5.82 Å². The smallest absolute Gasteiger partial charge is 0.306 e. The Hall–Kier alpha value is -3.48. The fourth-order valence-electron chi connectivity index (χ4n) is 4.03. The molecule has 172 valence electrons. The van der Waals surface area contributed by atoms with Crippen LogP contribution >= 0.6 is 0 Å². The molecule has 0 radical (unpaired) electrons. The summed E-state index contributed by atoms with van der Waals surface area (Å²) in [4.78, 5) is 28.4. The fourth-order valence-corrected chi connectivity index (χ4v) is 4.03. The van der Waals surface area contributed by atoms with Crippen molar-refractivity contribution in [3.05, 3.63) is 77.1 Å². The van der Waals surface area contributed by atoms with Gasteiger partial charge in [-0.2, -0.15) is 0 Å². The zero-order chi connectivity index (χ0) is 23.2. The molecule has 33 heavy (non-hydrogen) atoms. The molecule has 1 heterocycles.